The fourth-order valence-electron chi connectivity index (χ4n) is 2.34. The zero-order valence-electron chi connectivity index (χ0n) is 11.5. The van der Waals surface area contributed by atoms with Crippen LogP contribution in [0.3, 0.4) is 0 Å². The first-order valence-electron chi connectivity index (χ1n) is 6.63. The van der Waals surface area contributed by atoms with Crippen LogP contribution < -0.4 is 16.6 Å². The fourth-order valence-corrected chi connectivity index (χ4v) is 2.34. The molecule has 0 saturated heterocycles. The van der Waals surface area contributed by atoms with Crippen LogP contribution >= 0.6 is 0 Å². The number of hydrazine groups is 1. The molecule has 2 rings (SSSR count). The topological polar surface area (TPSA) is 111 Å². The zero-order valence-corrected chi connectivity index (χ0v) is 11.5. The van der Waals surface area contributed by atoms with Crippen molar-refractivity contribution in [2.24, 2.45) is 23.6 Å². The highest BCUT2D eigenvalue weighted by Crippen LogP contribution is 2.48. The van der Waals surface area contributed by atoms with Gasteiger partial charge in [-0.3, -0.25) is 19.8 Å². The largest absolute Gasteiger partial charge is 0.466 e. The van der Waals surface area contributed by atoms with Gasteiger partial charge in [-0.05, 0) is 19.1 Å². The fraction of sp³-hybridized carbons (Fsp3) is 0.357. The summed E-state index contributed by atoms with van der Waals surface area (Å²) in [5.41, 5.74) is 2.58. The zero-order chi connectivity index (χ0) is 15.4. The predicted octanol–water partition coefficient (Wildman–Crippen LogP) is 0.0403. The first kappa shape index (κ1) is 15.0. The van der Waals surface area contributed by atoms with Crippen LogP contribution in [-0.2, 0) is 19.1 Å². The van der Waals surface area contributed by atoms with Gasteiger partial charge < -0.3 is 10.1 Å². The van der Waals surface area contributed by atoms with Crippen LogP contribution in [0.5, 0.6) is 0 Å². The van der Waals surface area contributed by atoms with Gasteiger partial charge in [0.05, 0.1) is 24.4 Å². The monoisotopic (exact) mass is 291 g/mol. The molecule has 0 spiro atoms. The lowest BCUT2D eigenvalue weighted by atomic mass is 10.2. The van der Waals surface area contributed by atoms with E-state index in [4.69, 9.17) is 10.6 Å². The lowest BCUT2D eigenvalue weighted by Crippen LogP contribution is -2.33. The molecule has 4 N–H and O–H groups in total. The summed E-state index contributed by atoms with van der Waals surface area (Å²) in [6.45, 7) is 1.86. The molecule has 1 aromatic carbocycles. The van der Waals surface area contributed by atoms with E-state index in [1.165, 1.54) is 0 Å². The molecular formula is C14H17N3O4. The number of carbonyl (C=O) groups is 3. The second-order valence-corrected chi connectivity index (χ2v) is 4.69. The summed E-state index contributed by atoms with van der Waals surface area (Å²) >= 11 is 0. The Morgan fingerprint density at radius 1 is 1.10 bits per heavy atom. The van der Waals surface area contributed by atoms with E-state index < -0.39 is 35.5 Å². The van der Waals surface area contributed by atoms with Gasteiger partial charge in [0.2, 0.25) is 11.8 Å². The van der Waals surface area contributed by atoms with Crippen LogP contribution in [0.2, 0.25) is 0 Å². The average molecular weight is 291 g/mol. The number of nitrogens with two attached hydrogens (primary N) is 1. The SMILES string of the molecule is CCOC(=O)[C@@H]1[C@H](C(=O)Nc2ccccc2)[C@@H]1C(=O)NN. The normalized spacial score (nSPS) is 23.0. The van der Waals surface area contributed by atoms with Gasteiger partial charge in [0.25, 0.3) is 0 Å². The van der Waals surface area contributed by atoms with Gasteiger partial charge in [-0.1, -0.05) is 18.2 Å². The quantitative estimate of drug-likeness (QED) is 0.307. The number of nitrogens with one attached hydrogen (secondary N) is 2. The number of amides is 2. The predicted molar refractivity (Wildman–Crippen MR) is 74.5 cm³/mol. The van der Waals surface area contributed by atoms with Crippen LogP contribution in [0.15, 0.2) is 30.3 Å². The maximum Gasteiger partial charge on any atom is 0.310 e. The second kappa shape index (κ2) is 6.36. The van der Waals surface area contributed by atoms with Crippen LogP contribution in [0.25, 0.3) is 0 Å². The van der Waals surface area contributed by atoms with E-state index in [9.17, 15) is 14.4 Å². The Labute approximate surface area is 121 Å². The molecule has 112 valence electrons. The van der Waals surface area contributed by atoms with Crippen molar-refractivity contribution in [2.45, 2.75) is 6.92 Å². The Bertz CT molecular complexity index is 546. The molecule has 0 unspecified atom stereocenters. The van der Waals surface area contributed by atoms with E-state index in [-0.39, 0.29) is 6.61 Å². The molecule has 0 heterocycles. The van der Waals surface area contributed by atoms with Crippen molar-refractivity contribution in [1.29, 1.82) is 0 Å². The third-order valence-corrected chi connectivity index (χ3v) is 3.37. The van der Waals surface area contributed by atoms with Crippen molar-refractivity contribution in [2.75, 3.05) is 11.9 Å². The van der Waals surface area contributed by atoms with Crippen molar-refractivity contribution < 1.29 is 19.1 Å². The minimum atomic E-state index is -0.780. The maximum atomic E-state index is 12.2. The average Bonchev–Trinajstić information content (AvgIpc) is 3.23. The molecule has 2 amide bonds. The van der Waals surface area contributed by atoms with Crippen molar-refractivity contribution in [3.05, 3.63) is 30.3 Å². The lowest BCUT2D eigenvalue weighted by Gasteiger charge is -2.04. The molecular weight excluding hydrogens is 274 g/mol. The number of para-hydroxylation sites is 1. The van der Waals surface area contributed by atoms with Gasteiger partial charge in [0, 0.05) is 5.69 Å². The van der Waals surface area contributed by atoms with Gasteiger partial charge in [-0.15, -0.1) is 0 Å². The summed E-state index contributed by atoms with van der Waals surface area (Å²) in [6.07, 6.45) is 0. The van der Waals surface area contributed by atoms with Gasteiger partial charge in [-0.25, -0.2) is 5.84 Å². The number of ether oxygens (including phenoxy) is 1. The first-order chi connectivity index (χ1) is 10.1. The Kier molecular flexibility index (Phi) is 4.54. The standard InChI is InChI=1S/C14H17N3O4/c1-2-21-14(20)11-9(10(11)13(19)17-15)12(18)16-8-6-4-3-5-7-8/h3-7,9-11H,2,15H2,1H3,(H,16,18)(H,17,19)/t9-,10+,11-/m1/s1. The summed E-state index contributed by atoms with van der Waals surface area (Å²) in [7, 11) is 0. The molecule has 0 aliphatic heterocycles. The van der Waals surface area contributed by atoms with Crippen molar-refractivity contribution >= 4 is 23.5 Å². The number of anilines is 1. The van der Waals surface area contributed by atoms with E-state index in [0.29, 0.717) is 5.69 Å². The number of hydrogen-bond acceptors (Lipinski definition) is 5. The Morgan fingerprint density at radius 3 is 2.29 bits per heavy atom. The van der Waals surface area contributed by atoms with Gasteiger partial charge >= 0.3 is 5.97 Å². The highest BCUT2D eigenvalue weighted by atomic mass is 16.5. The molecule has 0 aromatic heterocycles. The highest BCUT2D eigenvalue weighted by Gasteiger charge is 2.63. The van der Waals surface area contributed by atoms with Crippen LogP contribution in [0, 0.1) is 17.8 Å². The number of hydrogen-bond donors (Lipinski definition) is 3. The molecule has 3 atom stereocenters. The Hall–Kier alpha value is -2.41. The molecule has 0 radical (unpaired) electrons. The smallest absolute Gasteiger partial charge is 0.310 e. The molecule has 1 aliphatic carbocycles. The summed E-state index contributed by atoms with van der Waals surface area (Å²) in [5.74, 6) is 1.27. The number of esters is 1. The highest BCUT2D eigenvalue weighted by molar-refractivity contribution is 6.05. The second-order valence-electron chi connectivity index (χ2n) is 4.69. The van der Waals surface area contributed by atoms with E-state index in [1.807, 2.05) is 11.5 Å². The van der Waals surface area contributed by atoms with E-state index in [2.05, 4.69) is 5.32 Å². The molecule has 1 aliphatic rings. The number of rotatable bonds is 5. The lowest BCUT2D eigenvalue weighted by molar-refractivity contribution is -0.146. The van der Waals surface area contributed by atoms with E-state index in [0.717, 1.165) is 0 Å². The molecule has 1 saturated carbocycles. The van der Waals surface area contributed by atoms with Crippen LogP contribution in [-0.4, -0.2) is 24.4 Å². The van der Waals surface area contributed by atoms with E-state index >= 15 is 0 Å². The van der Waals surface area contributed by atoms with Crippen molar-refractivity contribution in [3.63, 3.8) is 0 Å². The van der Waals surface area contributed by atoms with E-state index in [1.54, 1.807) is 31.2 Å². The molecule has 21 heavy (non-hydrogen) atoms. The third-order valence-electron chi connectivity index (χ3n) is 3.37. The summed E-state index contributed by atoms with van der Waals surface area (Å²) in [6, 6.07) is 8.80. The maximum absolute atomic E-state index is 12.2. The number of carbonyl (C=O) groups excluding carboxylic acids is 3. The molecule has 7 heteroatoms. The molecule has 1 aromatic rings. The summed E-state index contributed by atoms with van der Waals surface area (Å²) in [4.78, 5) is 35.6. The van der Waals surface area contributed by atoms with Gasteiger partial charge in [0.1, 0.15) is 0 Å². The molecule has 7 nitrogen and oxygen atoms in total. The minimum Gasteiger partial charge on any atom is -0.466 e. The summed E-state index contributed by atoms with van der Waals surface area (Å²) < 4.78 is 4.88. The first-order valence-corrected chi connectivity index (χ1v) is 6.63. The third kappa shape index (κ3) is 3.19. The Balaban J connectivity index is 2.07. The van der Waals surface area contributed by atoms with Crippen LogP contribution in [0.1, 0.15) is 6.92 Å². The summed E-state index contributed by atoms with van der Waals surface area (Å²) in [5, 5.41) is 2.67. The van der Waals surface area contributed by atoms with Crippen molar-refractivity contribution in [1.82, 2.24) is 5.43 Å². The molecule has 0 bridgehead atoms. The Morgan fingerprint density at radius 2 is 1.71 bits per heavy atom. The molecule has 1 fully saturated rings. The minimum absolute atomic E-state index is 0.194. The van der Waals surface area contributed by atoms with Crippen LogP contribution in [0.4, 0.5) is 5.69 Å². The van der Waals surface area contributed by atoms with Gasteiger partial charge in [0.15, 0.2) is 0 Å². The van der Waals surface area contributed by atoms with Gasteiger partial charge in [-0.2, -0.15) is 0 Å². The number of benzene rings is 1. The van der Waals surface area contributed by atoms with Crippen molar-refractivity contribution in [3.8, 4) is 0 Å².